The lowest BCUT2D eigenvalue weighted by Crippen LogP contribution is -2.30. The first-order chi connectivity index (χ1) is 47.2. The van der Waals surface area contributed by atoms with E-state index in [1.54, 1.807) is 0 Å². The molecule has 0 aliphatic carbocycles. The summed E-state index contributed by atoms with van der Waals surface area (Å²) in [5.41, 5.74) is 0. The zero-order chi connectivity index (χ0) is 70.9. The van der Waals surface area contributed by atoms with Crippen molar-refractivity contribution in [3.63, 3.8) is 0 Å². The molecule has 0 aromatic carbocycles. The number of ether oxygens (including phenoxy) is 3. The topological polar surface area (TPSA) is 231 Å². The van der Waals surface area contributed by atoms with E-state index in [1.807, 2.05) is 0 Å². The average molecular weight is 1400 g/mol. The molecule has 0 heterocycles. The van der Waals surface area contributed by atoms with E-state index >= 15 is 0 Å². The van der Waals surface area contributed by atoms with Gasteiger partial charge in [0.15, 0.2) is 6.10 Å². The summed E-state index contributed by atoms with van der Waals surface area (Å²) in [5.74, 6) is -1.66. The van der Waals surface area contributed by atoms with Gasteiger partial charge in [0.1, 0.15) is 25.4 Å². The third-order valence-corrected chi connectivity index (χ3v) is 16.6. The number of phosphoric acid groups is 2. The number of unbranched alkanes of at least 4 members (excludes halogenated alkanes) is 19. The standard InChI is InChI=1S/C79H130O16P2/c1-4-7-10-13-16-19-22-25-28-31-34-36-39-41-44-47-50-53-56-59-62-65-77(82)89-68-74(80)69-91-96(85,86)92-70-75(81)71-93-97(87,88)94-73-76(95-79(84)67-64-61-58-55-52-49-46-43-38-33-30-27-24-21-18-15-12-9-6-3)72-90-78(83)66-63-60-57-54-51-48-45-42-40-37-35-32-29-26-23-20-17-14-11-8-5-2/h7,10,16-21,25-30,34-38,41-45,50,53,74-76,80-81H,4-6,8-9,11-15,22-24,31-33,39-40,46-49,51-52,54-73H2,1-3H3,(H,85,86)(H,87,88)/b10-7-,19-16-,20-17-,21-18-,28-25-,29-26-,30-27-,36-34-,37-35-,43-38-,44-41-,45-42-,53-50-. The molecule has 0 aromatic heterocycles. The van der Waals surface area contributed by atoms with Gasteiger partial charge in [0.25, 0.3) is 0 Å². The van der Waals surface area contributed by atoms with Crippen molar-refractivity contribution < 1.29 is 75.8 Å². The Morgan fingerprint density at radius 1 is 0.299 bits per heavy atom. The summed E-state index contributed by atoms with van der Waals surface area (Å²) >= 11 is 0. The number of carbonyl (C=O) groups is 3. The maximum atomic E-state index is 13.0. The second-order valence-corrected chi connectivity index (χ2v) is 26.9. The molecule has 0 aromatic rings. The first kappa shape index (κ1) is 92.2. The van der Waals surface area contributed by atoms with Crippen LogP contribution < -0.4 is 0 Å². The van der Waals surface area contributed by atoms with Gasteiger partial charge in [-0.25, -0.2) is 9.13 Å². The molecule has 0 rings (SSSR count). The average Bonchev–Trinajstić information content (AvgIpc) is 1.90. The van der Waals surface area contributed by atoms with Crippen LogP contribution in [-0.2, 0) is 55.8 Å². The second-order valence-electron chi connectivity index (χ2n) is 24.0. The van der Waals surface area contributed by atoms with E-state index in [2.05, 4.69) is 179 Å². The lowest BCUT2D eigenvalue weighted by molar-refractivity contribution is -0.161. The molecule has 0 bridgehead atoms. The molecule has 0 aliphatic heterocycles. The Hall–Kier alpha value is -4.83. The Kier molecular flexibility index (Phi) is 67.5. The summed E-state index contributed by atoms with van der Waals surface area (Å²) < 4.78 is 61.0. The summed E-state index contributed by atoms with van der Waals surface area (Å²) in [6.45, 7) is 2.40. The number of aliphatic hydroxyl groups excluding tert-OH is 2. The molecule has 0 radical (unpaired) electrons. The number of esters is 3. The summed E-state index contributed by atoms with van der Waals surface area (Å²) in [7, 11) is -9.82. The minimum absolute atomic E-state index is 0.0788. The lowest BCUT2D eigenvalue weighted by atomic mass is 10.1. The van der Waals surface area contributed by atoms with E-state index in [9.17, 15) is 43.5 Å². The molecule has 97 heavy (non-hydrogen) atoms. The second kappa shape index (κ2) is 71.0. The highest BCUT2D eigenvalue weighted by Crippen LogP contribution is 2.45. The number of hydrogen-bond acceptors (Lipinski definition) is 14. The molecular weight excluding hydrogens is 1270 g/mol. The van der Waals surface area contributed by atoms with Crippen LogP contribution in [0.2, 0.25) is 0 Å². The van der Waals surface area contributed by atoms with E-state index in [0.717, 1.165) is 161 Å². The number of carbonyl (C=O) groups excluding carboxylic acids is 3. The van der Waals surface area contributed by atoms with Crippen LogP contribution in [0.4, 0.5) is 0 Å². The van der Waals surface area contributed by atoms with Crippen LogP contribution in [0, 0.1) is 0 Å². The number of phosphoric ester groups is 2. The lowest BCUT2D eigenvalue weighted by Gasteiger charge is -2.21. The molecule has 5 unspecified atom stereocenters. The molecule has 4 N–H and O–H groups in total. The number of hydrogen-bond donors (Lipinski definition) is 4. The molecular formula is C79H130O16P2. The number of allylic oxidation sites excluding steroid dienone is 26. The molecule has 552 valence electrons. The summed E-state index contributed by atoms with van der Waals surface area (Å²) in [6, 6.07) is 0. The summed E-state index contributed by atoms with van der Waals surface area (Å²) in [4.78, 5) is 58.6. The van der Waals surface area contributed by atoms with Crippen molar-refractivity contribution in [2.75, 3.05) is 39.6 Å². The van der Waals surface area contributed by atoms with Gasteiger partial charge in [-0.15, -0.1) is 0 Å². The molecule has 0 aliphatic rings. The van der Waals surface area contributed by atoms with Crippen molar-refractivity contribution in [2.45, 2.75) is 283 Å². The SMILES string of the molecule is CC/C=C\C/C=C\C/C=C\C/C=C\C/C=C\C/C=C\CCCCC(=O)OCC(O)COP(=O)(O)OCC(O)COP(=O)(O)OCC(COC(=O)CCCCCCC/C=C\C/C=C\C/C=C\C/C=C\CCCCC)OC(=O)CCCCCCCC/C=C\C/C=C\C/C=C\CCCCC. The van der Waals surface area contributed by atoms with E-state index < -0.39 is 91.5 Å². The molecule has 5 atom stereocenters. The molecule has 0 spiro atoms. The van der Waals surface area contributed by atoms with Crippen molar-refractivity contribution in [3.8, 4) is 0 Å². The first-order valence-electron chi connectivity index (χ1n) is 36.8. The quantitative estimate of drug-likeness (QED) is 0.0146. The van der Waals surface area contributed by atoms with Crippen molar-refractivity contribution in [2.24, 2.45) is 0 Å². The van der Waals surface area contributed by atoms with Gasteiger partial charge in [-0.05, 0) is 154 Å². The number of rotatable bonds is 68. The van der Waals surface area contributed by atoms with Crippen molar-refractivity contribution >= 4 is 33.6 Å². The van der Waals surface area contributed by atoms with E-state index in [4.69, 9.17) is 32.3 Å². The Morgan fingerprint density at radius 3 is 0.887 bits per heavy atom. The smallest absolute Gasteiger partial charge is 0.463 e. The summed E-state index contributed by atoms with van der Waals surface area (Å²) in [5, 5.41) is 20.6. The van der Waals surface area contributed by atoms with Crippen molar-refractivity contribution in [3.05, 3.63) is 158 Å². The highest BCUT2D eigenvalue weighted by molar-refractivity contribution is 7.47. The first-order valence-corrected chi connectivity index (χ1v) is 39.8. The van der Waals surface area contributed by atoms with Gasteiger partial charge in [0.05, 0.1) is 26.4 Å². The largest absolute Gasteiger partial charge is 0.472 e. The van der Waals surface area contributed by atoms with Gasteiger partial charge in [0, 0.05) is 19.3 Å². The molecule has 0 saturated carbocycles. The van der Waals surface area contributed by atoms with E-state index in [1.165, 1.54) is 44.9 Å². The molecule has 0 amide bonds. The predicted octanol–water partition coefficient (Wildman–Crippen LogP) is 21.1. The fraction of sp³-hybridized carbons (Fsp3) is 0.633. The molecule has 0 fully saturated rings. The van der Waals surface area contributed by atoms with Crippen LogP contribution in [0.25, 0.3) is 0 Å². The van der Waals surface area contributed by atoms with Gasteiger partial charge >= 0.3 is 33.6 Å². The third-order valence-electron chi connectivity index (χ3n) is 14.7. The zero-order valence-electron chi connectivity index (χ0n) is 59.9. The van der Waals surface area contributed by atoms with Gasteiger partial charge in [-0.2, -0.15) is 0 Å². The molecule has 16 nitrogen and oxygen atoms in total. The minimum atomic E-state index is -4.95. The van der Waals surface area contributed by atoms with Crippen LogP contribution in [0.5, 0.6) is 0 Å². The minimum Gasteiger partial charge on any atom is -0.463 e. The van der Waals surface area contributed by atoms with Gasteiger partial charge < -0.3 is 34.2 Å². The predicted molar refractivity (Wildman–Crippen MR) is 399 cm³/mol. The Bertz CT molecular complexity index is 2400. The summed E-state index contributed by atoms with van der Waals surface area (Å²) in [6.07, 6.45) is 87.1. The maximum absolute atomic E-state index is 13.0. The van der Waals surface area contributed by atoms with Crippen LogP contribution in [0.3, 0.4) is 0 Å². The van der Waals surface area contributed by atoms with Crippen LogP contribution in [-0.4, -0.2) is 95.9 Å². The van der Waals surface area contributed by atoms with Crippen LogP contribution >= 0.6 is 15.6 Å². The zero-order valence-corrected chi connectivity index (χ0v) is 61.7. The van der Waals surface area contributed by atoms with Crippen molar-refractivity contribution in [1.82, 2.24) is 0 Å². The number of aliphatic hydroxyl groups is 2. The fourth-order valence-electron chi connectivity index (χ4n) is 9.09. The highest BCUT2D eigenvalue weighted by Gasteiger charge is 2.29. The van der Waals surface area contributed by atoms with E-state index in [0.29, 0.717) is 19.3 Å². The van der Waals surface area contributed by atoms with E-state index in [-0.39, 0.29) is 19.3 Å². The maximum Gasteiger partial charge on any atom is 0.472 e. The molecule has 0 saturated heterocycles. The Balaban J connectivity index is 4.80. The van der Waals surface area contributed by atoms with Crippen LogP contribution in [0.1, 0.15) is 265 Å². The van der Waals surface area contributed by atoms with Gasteiger partial charge in [-0.1, -0.05) is 249 Å². The van der Waals surface area contributed by atoms with Crippen LogP contribution in [0.15, 0.2) is 158 Å². The molecule has 18 heteroatoms. The Labute approximate surface area is 587 Å². The normalized spacial score (nSPS) is 15.0. The van der Waals surface area contributed by atoms with Gasteiger partial charge in [0.2, 0.25) is 0 Å². The van der Waals surface area contributed by atoms with Crippen molar-refractivity contribution in [1.29, 1.82) is 0 Å². The third kappa shape index (κ3) is 72.2. The Morgan fingerprint density at radius 2 is 0.546 bits per heavy atom. The highest BCUT2D eigenvalue weighted by atomic mass is 31.2. The fourth-order valence-corrected chi connectivity index (χ4v) is 10.7. The van der Waals surface area contributed by atoms with Gasteiger partial charge in [-0.3, -0.25) is 32.5 Å². The monoisotopic (exact) mass is 1400 g/mol.